The van der Waals surface area contributed by atoms with Crippen molar-refractivity contribution in [1.29, 1.82) is 0 Å². The molecule has 1 heterocycles. The number of benzene rings is 2. The predicted octanol–water partition coefficient (Wildman–Crippen LogP) is 6.21. The van der Waals surface area contributed by atoms with Crippen LogP contribution in [0.4, 0.5) is 0 Å². The monoisotopic (exact) mass is 800 g/mol. The number of hydrogen-bond donors (Lipinski definition) is 2. The lowest BCUT2D eigenvalue weighted by atomic mass is 10.2. The van der Waals surface area contributed by atoms with Gasteiger partial charge in [-0.05, 0) is 70.0 Å². The largest absolute Gasteiger partial charge is 0.504 e. The maximum Gasteiger partial charge on any atom is 0.342 e. The molecule has 2 N–H and O–H groups in total. The number of alkyl halides is 2. The van der Waals surface area contributed by atoms with Crippen molar-refractivity contribution in [1.82, 2.24) is 0 Å². The van der Waals surface area contributed by atoms with Crippen molar-refractivity contribution < 1.29 is 38.7 Å². The molecule has 0 spiro atoms. The summed E-state index contributed by atoms with van der Waals surface area (Å²) in [5.74, 6) is -0.892. The van der Waals surface area contributed by atoms with Gasteiger partial charge in [0.15, 0.2) is 23.0 Å². The average Bonchev–Trinajstić information content (AvgIpc) is 3.24. The first-order chi connectivity index (χ1) is 15.2. The minimum Gasteiger partial charge on any atom is -0.504 e. The van der Waals surface area contributed by atoms with E-state index in [9.17, 15) is 19.8 Å². The van der Waals surface area contributed by atoms with Crippen LogP contribution in [0, 0.1) is 0 Å². The fourth-order valence-corrected chi connectivity index (χ4v) is 3.01. The van der Waals surface area contributed by atoms with Gasteiger partial charge in [-0.2, -0.15) is 0 Å². The van der Waals surface area contributed by atoms with Crippen molar-refractivity contribution in [2.45, 2.75) is 13.8 Å². The molecule has 0 aliphatic carbocycles. The van der Waals surface area contributed by atoms with E-state index in [4.69, 9.17) is 14.2 Å². The minimum absolute atomic E-state index is 0.0486. The lowest BCUT2D eigenvalue weighted by molar-refractivity contribution is 0.0512. The highest BCUT2D eigenvalue weighted by atomic mass is 127. The van der Waals surface area contributed by atoms with E-state index in [1.54, 1.807) is 26.0 Å². The normalized spacial score (nSPS) is 10.8. The number of halogens is 4. The molecule has 0 bridgehead atoms. The van der Waals surface area contributed by atoms with Crippen LogP contribution in [0.15, 0.2) is 33.2 Å². The molecular formula is C20H20Br2I2O8. The van der Waals surface area contributed by atoms with E-state index in [1.165, 1.54) is 14.6 Å². The highest BCUT2D eigenvalue weighted by Gasteiger charge is 2.25. The summed E-state index contributed by atoms with van der Waals surface area (Å²) in [6, 6.07) is 6.22. The van der Waals surface area contributed by atoms with Gasteiger partial charge < -0.3 is 29.2 Å². The van der Waals surface area contributed by atoms with E-state index in [2.05, 4.69) is 81.8 Å². The highest BCUT2D eigenvalue weighted by Crippen LogP contribution is 2.41. The Kier molecular flexibility index (Phi) is 13.6. The fourth-order valence-electron chi connectivity index (χ4n) is 2.26. The first-order valence-electron chi connectivity index (χ1n) is 8.97. The van der Waals surface area contributed by atoms with Gasteiger partial charge in [-0.1, -0.05) is 45.2 Å². The maximum absolute atomic E-state index is 11.5. The number of esters is 2. The molecule has 2 aromatic carbocycles. The van der Waals surface area contributed by atoms with E-state index in [0.717, 1.165) is 4.47 Å². The van der Waals surface area contributed by atoms with Crippen LogP contribution >= 0.6 is 77.0 Å². The van der Waals surface area contributed by atoms with Gasteiger partial charge in [0.2, 0.25) is 6.79 Å². The zero-order valence-corrected chi connectivity index (χ0v) is 24.5. The Morgan fingerprint density at radius 3 is 1.91 bits per heavy atom. The molecule has 0 saturated heterocycles. The Morgan fingerprint density at radius 2 is 1.34 bits per heavy atom. The van der Waals surface area contributed by atoms with Crippen LogP contribution in [0.1, 0.15) is 34.6 Å². The molecule has 32 heavy (non-hydrogen) atoms. The highest BCUT2D eigenvalue weighted by molar-refractivity contribution is 14.2. The second-order valence-electron chi connectivity index (χ2n) is 5.49. The molecule has 8 nitrogen and oxygen atoms in total. The van der Waals surface area contributed by atoms with Crippen molar-refractivity contribution in [2.24, 2.45) is 0 Å². The van der Waals surface area contributed by atoms with Crippen LogP contribution in [-0.4, -0.2) is 44.6 Å². The van der Waals surface area contributed by atoms with Crippen LogP contribution in [0.2, 0.25) is 0 Å². The van der Waals surface area contributed by atoms with Crippen LogP contribution in [0.5, 0.6) is 23.0 Å². The number of phenolic OH excluding ortho intramolecular Hbond substituents is 2. The standard InChI is InChI=1S/C10H9BrO4.C9H9BrO4.CH2I2/c1-2-13-10(12)6-3-4-7(11)9-8(6)14-5-15-9;1-2-14-9(13)5-3-4-6(10)8(12)7(5)11;2-1-3/h3-4H,2,5H2,1H3;3-4,11-12H,2H2,1H3;1H2. The second kappa shape index (κ2) is 15.0. The minimum atomic E-state index is -0.659. The van der Waals surface area contributed by atoms with Crippen molar-refractivity contribution in [3.63, 3.8) is 0 Å². The summed E-state index contributed by atoms with van der Waals surface area (Å²) in [4.78, 5) is 22.8. The first kappa shape index (κ1) is 29.0. The Hall–Kier alpha value is -1.00. The number of ether oxygens (including phenoxy) is 4. The van der Waals surface area contributed by atoms with E-state index >= 15 is 0 Å². The molecule has 0 unspecified atom stereocenters. The van der Waals surface area contributed by atoms with Crippen LogP contribution in [0.25, 0.3) is 0 Å². The van der Waals surface area contributed by atoms with Crippen molar-refractivity contribution in [3.05, 3.63) is 44.3 Å². The molecule has 0 fully saturated rings. The van der Waals surface area contributed by atoms with Gasteiger partial charge in [0.1, 0.15) is 11.1 Å². The average molecular weight is 802 g/mol. The SMILES string of the molecule is CCOC(=O)c1ccc(Br)c(O)c1O.CCOC(=O)c1ccc(Br)c2c1OCO2.ICI. The summed E-state index contributed by atoms with van der Waals surface area (Å²) in [6.07, 6.45) is 0. The van der Waals surface area contributed by atoms with Crippen LogP contribution < -0.4 is 9.47 Å². The summed E-state index contributed by atoms with van der Waals surface area (Å²) >= 11 is 10.9. The van der Waals surface area contributed by atoms with Gasteiger partial charge in [0.05, 0.1) is 24.6 Å². The quantitative estimate of drug-likeness (QED) is 0.163. The predicted molar refractivity (Wildman–Crippen MR) is 143 cm³/mol. The molecule has 3 rings (SSSR count). The summed E-state index contributed by atoms with van der Waals surface area (Å²) in [7, 11) is 0. The van der Waals surface area contributed by atoms with E-state index < -0.39 is 17.7 Å². The Balaban J connectivity index is 0.000000286. The molecule has 0 atom stereocenters. The summed E-state index contributed by atoms with van der Waals surface area (Å²) in [6.45, 7) is 4.10. The number of fused-ring (bicyclic) bond motifs is 1. The van der Waals surface area contributed by atoms with Gasteiger partial charge in [0.25, 0.3) is 0 Å². The molecular weight excluding hydrogens is 782 g/mol. The topological polar surface area (TPSA) is 112 Å². The van der Waals surface area contributed by atoms with Gasteiger partial charge in [-0.25, -0.2) is 9.59 Å². The van der Waals surface area contributed by atoms with Crippen molar-refractivity contribution in [3.8, 4) is 23.0 Å². The molecule has 0 aromatic heterocycles. The van der Waals surface area contributed by atoms with Gasteiger partial charge in [-0.15, -0.1) is 0 Å². The number of hydrogen-bond acceptors (Lipinski definition) is 8. The molecule has 1 aliphatic rings. The van der Waals surface area contributed by atoms with E-state index in [0.29, 0.717) is 28.1 Å². The zero-order valence-electron chi connectivity index (χ0n) is 17.0. The summed E-state index contributed by atoms with van der Waals surface area (Å²) < 4.78 is 22.3. The Bertz CT molecular complexity index is 940. The number of rotatable bonds is 4. The smallest absolute Gasteiger partial charge is 0.342 e. The van der Waals surface area contributed by atoms with Crippen LogP contribution in [0.3, 0.4) is 0 Å². The molecule has 0 radical (unpaired) electrons. The molecule has 0 saturated carbocycles. The number of carbonyl (C=O) groups is 2. The zero-order chi connectivity index (χ0) is 24.3. The first-order valence-corrected chi connectivity index (χ1v) is 13.6. The lowest BCUT2D eigenvalue weighted by Gasteiger charge is -2.06. The van der Waals surface area contributed by atoms with Gasteiger partial charge in [-0.3, -0.25) is 0 Å². The lowest BCUT2D eigenvalue weighted by Crippen LogP contribution is -2.05. The molecule has 12 heteroatoms. The van der Waals surface area contributed by atoms with Crippen molar-refractivity contribution >= 4 is 89.0 Å². The van der Waals surface area contributed by atoms with Gasteiger partial charge >= 0.3 is 11.9 Å². The third-order valence-corrected chi connectivity index (χ3v) is 4.83. The fraction of sp³-hybridized carbons (Fsp3) is 0.300. The molecule has 2 aromatic rings. The number of carbonyl (C=O) groups excluding carboxylic acids is 2. The third-order valence-electron chi connectivity index (χ3n) is 3.56. The van der Waals surface area contributed by atoms with E-state index in [1.807, 2.05) is 0 Å². The summed E-state index contributed by atoms with van der Waals surface area (Å²) in [5.41, 5.74) is 0.347. The molecule has 176 valence electrons. The van der Waals surface area contributed by atoms with Crippen molar-refractivity contribution in [2.75, 3.05) is 22.4 Å². The number of phenols is 2. The maximum atomic E-state index is 11.5. The third kappa shape index (κ3) is 8.09. The molecule has 0 amide bonds. The van der Waals surface area contributed by atoms with Gasteiger partial charge in [0, 0.05) is 0 Å². The Morgan fingerprint density at radius 1 is 0.875 bits per heavy atom. The molecule has 1 aliphatic heterocycles. The summed E-state index contributed by atoms with van der Waals surface area (Å²) in [5, 5.41) is 18.7. The van der Waals surface area contributed by atoms with Crippen LogP contribution in [-0.2, 0) is 9.47 Å². The van der Waals surface area contributed by atoms with E-state index in [-0.39, 0.29) is 24.7 Å². The Labute approximate surface area is 229 Å². The number of aromatic hydroxyl groups is 2. The second-order valence-corrected chi connectivity index (χ2v) is 11.6.